The third-order valence-electron chi connectivity index (χ3n) is 2.57. The molecule has 0 spiro atoms. The van der Waals surface area contributed by atoms with Crippen LogP contribution in [-0.4, -0.2) is 10.2 Å². The normalized spacial score (nSPS) is 12.4. The number of nitrogens with one attached hydrogen (secondary N) is 1. The quantitative estimate of drug-likeness (QED) is 0.888. The maximum Gasteiger partial charge on any atom is 0.206 e. The molecule has 1 N–H and O–H groups in total. The summed E-state index contributed by atoms with van der Waals surface area (Å²) in [5.41, 5.74) is 1.02. The number of benzene rings is 1. The first kappa shape index (κ1) is 13.6. The van der Waals surface area contributed by atoms with Gasteiger partial charge in [0.2, 0.25) is 5.13 Å². The van der Waals surface area contributed by atoms with Gasteiger partial charge in [0.05, 0.1) is 6.04 Å². The predicted octanol–water partition coefficient (Wildman–Crippen LogP) is 4.72. The standard InChI is InChI=1S/C12H13Cl2N3S/c1-3-11(15-12-17-16-7(2)18-12)9-5-4-8(13)6-10(9)14/h4-6,11H,3H2,1-2H3,(H,15,17). The summed E-state index contributed by atoms with van der Waals surface area (Å²) < 4.78 is 0. The molecule has 2 aromatic rings. The van der Waals surface area contributed by atoms with Crippen molar-refractivity contribution in [2.45, 2.75) is 26.3 Å². The zero-order valence-electron chi connectivity index (χ0n) is 10.1. The highest BCUT2D eigenvalue weighted by Gasteiger charge is 2.14. The molecular formula is C12H13Cl2N3S. The van der Waals surface area contributed by atoms with Gasteiger partial charge in [0.15, 0.2) is 0 Å². The number of nitrogens with zero attached hydrogens (tertiary/aromatic N) is 2. The van der Waals surface area contributed by atoms with Crippen LogP contribution < -0.4 is 5.32 Å². The second kappa shape index (κ2) is 5.87. The van der Waals surface area contributed by atoms with E-state index >= 15 is 0 Å². The Labute approximate surface area is 120 Å². The lowest BCUT2D eigenvalue weighted by Gasteiger charge is -2.17. The van der Waals surface area contributed by atoms with Gasteiger partial charge in [0, 0.05) is 10.0 Å². The van der Waals surface area contributed by atoms with E-state index in [1.54, 1.807) is 6.07 Å². The molecule has 0 amide bonds. The van der Waals surface area contributed by atoms with E-state index in [4.69, 9.17) is 23.2 Å². The molecule has 1 aromatic carbocycles. The first-order valence-electron chi connectivity index (χ1n) is 5.61. The summed E-state index contributed by atoms with van der Waals surface area (Å²) in [5, 5.41) is 14.5. The molecule has 96 valence electrons. The van der Waals surface area contributed by atoms with Crippen molar-refractivity contribution in [3.05, 3.63) is 38.8 Å². The Morgan fingerprint density at radius 3 is 2.67 bits per heavy atom. The second-order valence-corrected chi connectivity index (χ2v) is 5.92. The van der Waals surface area contributed by atoms with Crippen molar-refractivity contribution < 1.29 is 0 Å². The van der Waals surface area contributed by atoms with Crippen molar-refractivity contribution in [1.29, 1.82) is 0 Å². The van der Waals surface area contributed by atoms with E-state index in [0.29, 0.717) is 10.0 Å². The molecule has 3 nitrogen and oxygen atoms in total. The van der Waals surface area contributed by atoms with Crippen LogP contribution in [0.3, 0.4) is 0 Å². The zero-order valence-corrected chi connectivity index (χ0v) is 12.4. The molecule has 6 heteroatoms. The average Bonchev–Trinajstić information content (AvgIpc) is 2.72. The Morgan fingerprint density at radius 1 is 1.33 bits per heavy atom. The molecule has 0 saturated carbocycles. The molecule has 0 aliphatic rings. The number of anilines is 1. The fourth-order valence-corrected chi connectivity index (χ4v) is 2.87. The first-order chi connectivity index (χ1) is 8.60. The minimum Gasteiger partial charge on any atom is -0.353 e. The predicted molar refractivity (Wildman–Crippen MR) is 77.8 cm³/mol. The van der Waals surface area contributed by atoms with Gasteiger partial charge >= 0.3 is 0 Å². The van der Waals surface area contributed by atoms with E-state index in [2.05, 4.69) is 22.4 Å². The number of rotatable bonds is 4. The summed E-state index contributed by atoms with van der Waals surface area (Å²) in [5.74, 6) is 0. The van der Waals surface area contributed by atoms with Crippen LogP contribution in [0.25, 0.3) is 0 Å². The fraction of sp³-hybridized carbons (Fsp3) is 0.333. The van der Waals surface area contributed by atoms with Gasteiger partial charge in [-0.05, 0) is 31.0 Å². The summed E-state index contributed by atoms with van der Waals surface area (Å²) in [6.45, 7) is 4.02. The van der Waals surface area contributed by atoms with Crippen molar-refractivity contribution in [2.24, 2.45) is 0 Å². The van der Waals surface area contributed by atoms with Gasteiger partial charge in [0.25, 0.3) is 0 Å². The smallest absolute Gasteiger partial charge is 0.206 e. The van der Waals surface area contributed by atoms with Crippen LogP contribution in [0.4, 0.5) is 5.13 Å². The van der Waals surface area contributed by atoms with Crippen LogP contribution >= 0.6 is 34.5 Å². The van der Waals surface area contributed by atoms with Crippen LogP contribution in [0.15, 0.2) is 18.2 Å². The van der Waals surface area contributed by atoms with Gasteiger partial charge in [-0.25, -0.2) is 0 Å². The molecule has 0 fully saturated rings. The summed E-state index contributed by atoms with van der Waals surface area (Å²) in [4.78, 5) is 0. The number of aryl methyl sites for hydroxylation is 1. The number of aromatic nitrogens is 2. The molecule has 2 rings (SSSR count). The SMILES string of the molecule is CCC(Nc1nnc(C)s1)c1ccc(Cl)cc1Cl. The van der Waals surface area contributed by atoms with Crippen LogP contribution in [0.1, 0.15) is 30.0 Å². The zero-order chi connectivity index (χ0) is 13.1. The summed E-state index contributed by atoms with van der Waals surface area (Å²) >= 11 is 13.7. The van der Waals surface area contributed by atoms with Crippen LogP contribution in [0.2, 0.25) is 10.0 Å². The average molecular weight is 302 g/mol. The van der Waals surface area contributed by atoms with E-state index < -0.39 is 0 Å². The maximum absolute atomic E-state index is 6.22. The Hall–Kier alpha value is -0.840. The molecule has 1 unspecified atom stereocenters. The highest BCUT2D eigenvalue weighted by Crippen LogP contribution is 2.31. The van der Waals surface area contributed by atoms with Crippen LogP contribution in [-0.2, 0) is 0 Å². The van der Waals surface area contributed by atoms with Gasteiger partial charge in [-0.2, -0.15) is 0 Å². The molecule has 0 saturated heterocycles. The largest absolute Gasteiger partial charge is 0.353 e. The van der Waals surface area contributed by atoms with Crippen molar-refractivity contribution in [1.82, 2.24) is 10.2 Å². The van der Waals surface area contributed by atoms with Gasteiger partial charge in [0.1, 0.15) is 5.01 Å². The minimum atomic E-state index is 0.113. The summed E-state index contributed by atoms with van der Waals surface area (Å²) in [7, 11) is 0. The van der Waals surface area contributed by atoms with Crippen molar-refractivity contribution in [3.8, 4) is 0 Å². The Kier molecular flexibility index (Phi) is 4.43. The van der Waals surface area contributed by atoms with E-state index in [1.165, 1.54) is 11.3 Å². The Bertz CT molecular complexity index is 542. The molecule has 0 radical (unpaired) electrons. The monoisotopic (exact) mass is 301 g/mol. The minimum absolute atomic E-state index is 0.113. The Morgan fingerprint density at radius 2 is 2.11 bits per heavy atom. The van der Waals surface area contributed by atoms with Crippen LogP contribution in [0, 0.1) is 6.92 Å². The fourth-order valence-electron chi connectivity index (χ4n) is 1.69. The molecule has 1 heterocycles. The van der Waals surface area contributed by atoms with Crippen molar-refractivity contribution in [3.63, 3.8) is 0 Å². The second-order valence-electron chi connectivity index (χ2n) is 3.90. The van der Waals surface area contributed by atoms with Gasteiger partial charge in [-0.15, -0.1) is 10.2 Å². The molecule has 0 aliphatic heterocycles. The number of halogens is 2. The lowest BCUT2D eigenvalue weighted by Crippen LogP contribution is -2.10. The lowest BCUT2D eigenvalue weighted by atomic mass is 10.0. The number of hydrogen-bond acceptors (Lipinski definition) is 4. The molecule has 18 heavy (non-hydrogen) atoms. The Balaban J connectivity index is 2.22. The lowest BCUT2D eigenvalue weighted by molar-refractivity contribution is 0.746. The molecular weight excluding hydrogens is 289 g/mol. The van der Waals surface area contributed by atoms with E-state index in [-0.39, 0.29) is 6.04 Å². The highest BCUT2D eigenvalue weighted by molar-refractivity contribution is 7.15. The van der Waals surface area contributed by atoms with E-state index in [9.17, 15) is 0 Å². The molecule has 0 aliphatic carbocycles. The van der Waals surface area contributed by atoms with Crippen LogP contribution in [0.5, 0.6) is 0 Å². The number of hydrogen-bond donors (Lipinski definition) is 1. The molecule has 1 atom stereocenters. The van der Waals surface area contributed by atoms with E-state index in [1.807, 2.05) is 19.1 Å². The van der Waals surface area contributed by atoms with Crippen molar-refractivity contribution >= 4 is 39.7 Å². The molecule has 1 aromatic heterocycles. The van der Waals surface area contributed by atoms with E-state index in [0.717, 1.165) is 22.1 Å². The third kappa shape index (κ3) is 3.13. The first-order valence-corrected chi connectivity index (χ1v) is 7.19. The third-order valence-corrected chi connectivity index (χ3v) is 3.90. The topological polar surface area (TPSA) is 37.8 Å². The van der Waals surface area contributed by atoms with Gasteiger partial charge in [-0.1, -0.05) is 47.5 Å². The maximum atomic E-state index is 6.22. The van der Waals surface area contributed by atoms with Crippen molar-refractivity contribution in [2.75, 3.05) is 5.32 Å². The van der Waals surface area contributed by atoms with Gasteiger partial charge < -0.3 is 5.32 Å². The summed E-state index contributed by atoms with van der Waals surface area (Å²) in [6, 6.07) is 5.66. The van der Waals surface area contributed by atoms with Gasteiger partial charge in [-0.3, -0.25) is 0 Å². The highest BCUT2D eigenvalue weighted by atomic mass is 35.5. The summed E-state index contributed by atoms with van der Waals surface area (Å²) in [6.07, 6.45) is 0.903. The molecule has 0 bridgehead atoms.